The van der Waals surface area contributed by atoms with Crippen LogP contribution in [0.4, 0.5) is 5.69 Å². The van der Waals surface area contributed by atoms with Crippen LogP contribution in [0, 0.1) is 17.0 Å². The van der Waals surface area contributed by atoms with Crippen LogP contribution in [0.3, 0.4) is 0 Å². The minimum atomic E-state index is -0.563. The molecule has 1 amide bonds. The number of halogens is 1. The Morgan fingerprint density at radius 1 is 1.17 bits per heavy atom. The van der Waals surface area contributed by atoms with Crippen molar-refractivity contribution in [2.75, 3.05) is 6.54 Å². The van der Waals surface area contributed by atoms with Gasteiger partial charge in [0.05, 0.1) is 11.0 Å². The van der Waals surface area contributed by atoms with Crippen LogP contribution in [0.2, 0.25) is 5.02 Å². The van der Waals surface area contributed by atoms with Gasteiger partial charge in [-0.25, -0.2) is 0 Å². The molecule has 1 unspecified atom stereocenters. The lowest BCUT2D eigenvalue weighted by molar-refractivity contribution is -0.385. The summed E-state index contributed by atoms with van der Waals surface area (Å²) in [4.78, 5) is 37.2. The molecular weight excluding hydrogens is 396 g/mol. The number of nitro groups is 1. The van der Waals surface area contributed by atoms with E-state index in [0.717, 1.165) is 12.8 Å². The molecule has 0 bridgehead atoms. The number of Topliss-reactive ketones (excluding diaryl/α,β-unsaturated/α-hetero) is 1. The molecule has 2 aromatic carbocycles. The van der Waals surface area contributed by atoms with Gasteiger partial charge in [-0.15, -0.1) is 0 Å². The van der Waals surface area contributed by atoms with Gasteiger partial charge in [0.1, 0.15) is 5.75 Å². The molecule has 1 heterocycles. The van der Waals surface area contributed by atoms with E-state index in [-0.39, 0.29) is 34.2 Å². The van der Waals surface area contributed by atoms with Crippen molar-refractivity contribution in [1.82, 2.24) is 4.90 Å². The van der Waals surface area contributed by atoms with Crippen molar-refractivity contribution in [2.24, 2.45) is 0 Å². The maximum atomic E-state index is 12.9. The maximum Gasteiger partial charge on any atom is 0.313 e. The number of amides is 1. The molecule has 1 aliphatic heterocycles. The van der Waals surface area contributed by atoms with E-state index in [1.807, 2.05) is 0 Å². The highest BCUT2D eigenvalue weighted by Crippen LogP contribution is 2.35. The second-order valence-corrected chi connectivity index (χ2v) is 7.51. The van der Waals surface area contributed by atoms with Gasteiger partial charge in [-0.3, -0.25) is 19.7 Å². The van der Waals surface area contributed by atoms with Crippen LogP contribution >= 0.6 is 11.6 Å². The van der Waals surface area contributed by atoms with E-state index in [1.54, 1.807) is 30.0 Å². The van der Waals surface area contributed by atoms with Gasteiger partial charge >= 0.3 is 5.69 Å². The normalized spacial score (nSPS) is 16.4. The van der Waals surface area contributed by atoms with E-state index in [1.165, 1.54) is 25.1 Å². The van der Waals surface area contributed by atoms with Gasteiger partial charge in [-0.05, 0) is 69.0 Å². The molecule has 7 nitrogen and oxygen atoms in total. The fourth-order valence-corrected chi connectivity index (χ4v) is 3.66. The fourth-order valence-electron chi connectivity index (χ4n) is 3.50. The molecule has 1 saturated heterocycles. The van der Waals surface area contributed by atoms with E-state index in [9.17, 15) is 19.7 Å². The standard InChI is InChI=1S/C21H21ClN2O5/c1-13-11-15(21(26)23-10-4-3-5-17(23)14(2)25)6-8-19(13)29-20-9-7-16(22)12-18(20)24(27)28/h6-9,11-12,17H,3-5,10H2,1-2H3. The zero-order valence-corrected chi connectivity index (χ0v) is 16.9. The van der Waals surface area contributed by atoms with Crippen LogP contribution in [0.15, 0.2) is 36.4 Å². The molecule has 152 valence electrons. The molecule has 0 spiro atoms. The van der Waals surface area contributed by atoms with E-state index < -0.39 is 4.92 Å². The highest BCUT2D eigenvalue weighted by molar-refractivity contribution is 6.30. The summed E-state index contributed by atoms with van der Waals surface area (Å²) in [6.45, 7) is 3.82. The molecule has 1 fully saturated rings. The van der Waals surface area contributed by atoms with Gasteiger partial charge in [-0.1, -0.05) is 11.6 Å². The van der Waals surface area contributed by atoms with E-state index in [2.05, 4.69) is 0 Å². The summed E-state index contributed by atoms with van der Waals surface area (Å²) in [7, 11) is 0. The van der Waals surface area contributed by atoms with Crippen molar-refractivity contribution >= 4 is 29.0 Å². The van der Waals surface area contributed by atoms with Crippen LogP contribution in [0.1, 0.15) is 42.1 Å². The van der Waals surface area contributed by atoms with Crippen LogP contribution < -0.4 is 4.74 Å². The average Bonchev–Trinajstić information content (AvgIpc) is 2.69. The second kappa shape index (κ2) is 8.61. The number of nitrogens with zero attached hydrogens (tertiary/aromatic N) is 2. The first-order valence-electron chi connectivity index (χ1n) is 9.32. The summed E-state index contributed by atoms with van der Waals surface area (Å²) in [5, 5.41) is 11.5. The summed E-state index contributed by atoms with van der Waals surface area (Å²) in [6.07, 6.45) is 2.48. The topological polar surface area (TPSA) is 89.8 Å². The van der Waals surface area contributed by atoms with Gasteiger partial charge in [0, 0.05) is 23.2 Å². The smallest absolute Gasteiger partial charge is 0.313 e. The summed E-state index contributed by atoms with van der Waals surface area (Å²) in [5.74, 6) is 0.254. The van der Waals surface area contributed by atoms with E-state index in [4.69, 9.17) is 16.3 Å². The van der Waals surface area contributed by atoms with Crippen LogP contribution in [-0.4, -0.2) is 34.1 Å². The summed E-state index contributed by atoms with van der Waals surface area (Å²) >= 11 is 5.83. The largest absolute Gasteiger partial charge is 0.450 e. The predicted molar refractivity (Wildman–Crippen MR) is 109 cm³/mol. The molecule has 0 radical (unpaired) electrons. The third-order valence-corrected chi connectivity index (χ3v) is 5.23. The first-order chi connectivity index (χ1) is 13.8. The number of carbonyl (C=O) groups excluding carboxylic acids is 2. The van der Waals surface area contributed by atoms with Gasteiger partial charge in [0.15, 0.2) is 5.78 Å². The van der Waals surface area contributed by atoms with Crippen molar-refractivity contribution in [3.63, 3.8) is 0 Å². The minimum absolute atomic E-state index is 0.00947. The number of rotatable bonds is 5. The molecule has 1 atom stereocenters. The first-order valence-corrected chi connectivity index (χ1v) is 9.69. The monoisotopic (exact) mass is 416 g/mol. The number of piperidine rings is 1. The Hall–Kier alpha value is -2.93. The zero-order chi connectivity index (χ0) is 21.1. The van der Waals surface area contributed by atoms with Gasteiger partial charge in [-0.2, -0.15) is 0 Å². The number of likely N-dealkylation sites (tertiary alicyclic amines) is 1. The van der Waals surface area contributed by atoms with Gasteiger partial charge in [0.2, 0.25) is 5.75 Å². The lowest BCUT2D eigenvalue weighted by Gasteiger charge is -2.34. The Balaban J connectivity index is 1.85. The van der Waals surface area contributed by atoms with Gasteiger partial charge < -0.3 is 9.64 Å². The Bertz CT molecular complexity index is 976. The van der Waals surface area contributed by atoms with Crippen molar-refractivity contribution in [2.45, 2.75) is 39.2 Å². The third kappa shape index (κ3) is 4.56. The molecule has 0 saturated carbocycles. The molecule has 29 heavy (non-hydrogen) atoms. The number of carbonyl (C=O) groups is 2. The zero-order valence-electron chi connectivity index (χ0n) is 16.2. The van der Waals surface area contributed by atoms with Crippen LogP contribution in [0.5, 0.6) is 11.5 Å². The number of ketones is 1. The fraction of sp³-hybridized carbons (Fsp3) is 0.333. The van der Waals surface area contributed by atoms with Crippen molar-refractivity contribution < 1.29 is 19.2 Å². The van der Waals surface area contributed by atoms with Crippen LogP contribution in [-0.2, 0) is 4.79 Å². The quantitative estimate of drug-likeness (QED) is 0.509. The average molecular weight is 417 g/mol. The van der Waals surface area contributed by atoms with Crippen LogP contribution in [0.25, 0.3) is 0 Å². The summed E-state index contributed by atoms with van der Waals surface area (Å²) in [6, 6.07) is 8.67. The molecular formula is C21H21ClN2O5. The number of ether oxygens (including phenoxy) is 1. The molecule has 0 N–H and O–H groups in total. The highest BCUT2D eigenvalue weighted by Gasteiger charge is 2.30. The number of hydrogen-bond donors (Lipinski definition) is 0. The molecule has 0 aliphatic carbocycles. The number of hydrogen-bond acceptors (Lipinski definition) is 5. The Labute approximate surface area is 173 Å². The highest BCUT2D eigenvalue weighted by atomic mass is 35.5. The Morgan fingerprint density at radius 2 is 1.90 bits per heavy atom. The predicted octanol–water partition coefficient (Wildman–Crippen LogP) is 4.93. The summed E-state index contributed by atoms with van der Waals surface area (Å²) < 4.78 is 5.72. The van der Waals surface area contributed by atoms with Crippen molar-refractivity contribution in [3.8, 4) is 11.5 Å². The Morgan fingerprint density at radius 3 is 2.55 bits per heavy atom. The Kier molecular flexibility index (Phi) is 6.17. The van der Waals surface area contributed by atoms with Crippen molar-refractivity contribution in [3.05, 3.63) is 62.7 Å². The number of aryl methyl sites for hydroxylation is 1. The minimum Gasteiger partial charge on any atom is -0.450 e. The maximum absolute atomic E-state index is 12.9. The lowest BCUT2D eigenvalue weighted by atomic mass is 9.97. The van der Waals surface area contributed by atoms with E-state index >= 15 is 0 Å². The third-order valence-electron chi connectivity index (χ3n) is 4.99. The number of benzene rings is 2. The molecule has 0 aromatic heterocycles. The van der Waals surface area contributed by atoms with E-state index in [0.29, 0.717) is 29.8 Å². The van der Waals surface area contributed by atoms with Gasteiger partial charge in [0.25, 0.3) is 5.91 Å². The molecule has 8 heteroatoms. The summed E-state index contributed by atoms with van der Waals surface area (Å²) in [5.41, 5.74) is 0.861. The molecule has 2 aromatic rings. The molecule has 3 rings (SSSR count). The first kappa shape index (κ1) is 20.8. The lowest BCUT2D eigenvalue weighted by Crippen LogP contribution is -2.47. The number of nitro benzene ring substituents is 1. The van der Waals surface area contributed by atoms with Crippen molar-refractivity contribution in [1.29, 1.82) is 0 Å². The second-order valence-electron chi connectivity index (χ2n) is 7.07. The SMILES string of the molecule is CC(=O)C1CCCCN1C(=O)c1ccc(Oc2ccc(Cl)cc2[N+](=O)[O-])c(C)c1. The molecule has 1 aliphatic rings.